The van der Waals surface area contributed by atoms with Crippen molar-refractivity contribution in [3.05, 3.63) is 23.8 Å². The number of hydrogen-bond acceptors (Lipinski definition) is 4. The van der Waals surface area contributed by atoms with Gasteiger partial charge in [0.15, 0.2) is 5.58 Å². The fourth-order valence-corrected chi connectivity index (χ4v) is 2.65. The molecule has 1 atom stereocenters. The molecule has 2 aromatic rings. The average Bonchev–Trinajstić information content (AvgIpc) is 2.84. The summed E-state index contributed by atoms with van der Waals surface area (Å²) in [4.78, 5) is 4.39. The molecule has 0 bridgehead atoms. The van der Waals surface area contributed by atoms with E-state index in [-0.39, 0.29) is 0 Å². The summed E-state index contributed by atoms with van der Waals surface area (Å²) in [7, 11) is 1.58. The second kappa shape index (κ2) is 4.98. The van der Waals surface area contributed by atoms with Crippen LogP contribution in [0.2, 0.25) is 0 Å². The van der Waals surface area contributed by atoms with Crippen molar-refractivity contribution < 1.29 is 9.15 Å². The van der Waals surface area contributed by atoms with Crippen LogP contribution in [-0.4, -0.2) is 25.2 Å². The molecule has 1 unspecified atom stereocenters. The molecule has 0 spiro atoms. The molecule has 0 radical (unpaired) electrons. The lowest BCUT2D eigenvalue weighted by Crippen LogP contribution is -2.30. The Morgan fingerprint density at radius 1 is 1.50 bits per heavy atom. The van der Waals surface area contributed by atoms with Gasteiger partial charge < -0.3 is 14.5 Å². The Hall–Kier alpha value is -1.55. The number of aromatic nitrogens is 1. The van der Waals surface area contributed by atoms with Gasteiger partial charge >= 0.3 is 6.08 Å². The van der Waals surface area contributed by atoms with E-state index in [0.29, 0.717) is 12.0 Å². The lowest BCUT2D eigenvalue weighted by molar-refractivity contribution is 0.299. The van der Waals surface area contributed by atoms with E-state index in [1.807, 2.05) is 12.1 Å². The molecular weight excluding hydrogens is 228 g/mol. The number of nitrogens with one attached hydrogen (secondary N) is 1. The second-order valence-electron chi connectivity index (χ2n) is 4.86. The van der Waals surface area contributed by atoms with Crippen LogP contribution in [0, 0.1) is 5.92 Å². The molecule has 1 aliphatic rings. The van der Waals surface area contributed by atoms with Gasteiger partial charge in [0.25, 0.3) is 0 Å². The van der Waals surface area contributed by atoms with Crippen LogP contribution in [0.5, 0.6) is 6.08 Å². The molecule has 1 aromatic carbocycles. The standard InChI is InChI=1S/C14H18N2O2/c1-17-14-16-13-11(5-2-6-12(13)18-14)8-10-4-3-7-15-9-10/h2,5-6,10,15H,3-4,7-9H2,1H3. The molecule has 1 aromatic heterocycles. The normalized spacial score (nSPS) is 20.2. The maximum Gasteiger partial charge on any atom is 0.394 e. The number of ether oxygens (including phenoxy) is 1. The highest BCUT2D eigenvalue weighted by Crippen LogP contribution is 2.26. The number of oxazole rings is 1. The first-order valence-electron chi connectivity index (χ1n) is 6.50. The van der Waals surface area contributed by atoms with E-state index >= 15 is 0 Å². The number of rotatable bonds is 3. The fourth-order valence-electron chi connectivity index (χ4n) is 2.65. The molecule has 2 heterocycles. The molecule has 4 heteroatoms. The maximum atomic E-state index is 5.50. The van der Waals surface area contributed by atoms with Gasteiger partial charge in [-0.1, -0.05) is 12.1 Å². The number of methoxy groups -OCH3 is 1. The van der Waals surface area contributed by atoms with Gasteiger partial charge in [0, 0.05) is 0 Å². The molecule has 1 fully saturated rings. The fraction of sp³-hybridized carbons (Fsp3) is 0.500. The van der Waals surface area contributed by atoms with Crippen LogP contribution in [0.15, 0.2) is 22.6 Å². The van der Waals surface area contributed by atoms with Gasteiger partial charge in [-0.05, 0) is 49.9 Å². The Kier molecular flexibility index (Phi) is 3.19. The minimum absolute atomic E-state index is 0.346. The molecule has 1 aliphatic heterocycles. The van der Waals surface area contributed by atoms with Crippen molar-refractivity contribution >= 4 is 11.1 Å². The molecular formula is C14H18N2O2. The SMILES string of the molecule is COc1nc2c(CC3CCCNC3)cccc2o1. The third kappa shape index (κ3) is 2.20. The number of nitrogens with zero attached hydrogens (tertiary/aromatic N) is 1. The Labute approximate surface area is 106 Å². The first-order chi connectivity index (χ1) is 8.86. The van der Waals surface area contributed by atoms with Gasteiger partial charge in [-0.25, -0.2) is 0 Å². The minimum Gasteiger partial charge on any atom is -0.453 e. The third-order valence-electron chi connectivity index (χ3n) is 3.57. The number of para-hydroxylation sites is 1. The van der Waals surface area contributed by atoms with E-state index in [9.17, 15) is 0 Å². The first-order valence-corrected chi connectivity index (χ1v) is 6.50. The molecule has 4 nitrogen and oxygen atoms in total. The van der Waals surface area contributed by atoms with Gasteiger partial charge in [-0.2, -0.15) is 4.98 Å². The predicted octanol–water partition coefficient (Wildman–Crippen LogP) is 2.38. The van der Waals surface area contributed by atoms with Crippen LogP contribution >= 0.6 is 0 Å². The predicted molar refractivity (Wildman–Crippen MR) is 69.9 cm³/mol. The van der Waals surface area contributed by atoms with Crippen molar-refractivity contribution in [3.8, 4) is 6.08 Å². The van der Waals surface area contributed by atoms with Crippen LogP contribution < -0.4 is 10.1 Å². The molecule has 1 N–H and O–H groups in total. The Balaban J connectivity index is 1.88. The summed E-state index contributed by atoms with van der Waals surface area (Å²) in [6.45, 7) is 2.25. The average molecular weight is 246 g/mol. The Bertz CT molecular complexity index is 530. The Morgan fingerprint density at radius 2 is 2.44 bits per heavy atom. The summed E-state index contributed by atoms with van der Waals surface area (Å²) in [5, 5.41) is 3.45. The van der Waals surface area contributed by atoms with E-state index in [2.05, 4.69) is 16.4 Å². The van der Waals surface area contributed by atoms with Gasteiger partial charge in [0.2, 0.25) is 0 Å². The summed E-state index contributed by atoms with van der Waals surface area (Å²) >= 11 is 0. The van der Waals surface area contributed by atoms with Gasteiger partial charge in [0.05, 0.1) is 7.11 Å². The summed E-state index contributed by atoms with van der Waals surface area (Å²) in [6.07, 6.45) is 3.96. The van der Waals surface area contributed by atoms with E-state index in [1.54, 1.807) is 7.11 Å². The lowest BCUT2D eigenvalue weighted by atomic mass is 9.92. The highest BCUT2D eigenvalue weighted by molar-refractivity contribution is 5.77. The largest absolute Gasteiger partial charge is 0.453 e. The number of fused-ring (bicyclic) bond motifs is 1. The smallest absolute Gasteiger partial charge is 0.394 e. The zero-order chi connectivity index (χ0) is 12.4. The van der Waals surface area contributed by atoms with Crippen molar-refractivity contribution in [2.75, 3.05) is 20.2 Å². The zero-order valence-corrected chi connectivity index (χ0v) is 10.6. The van der Waals surface area contributed by atoms with Gasteiger partial charge in [0.1, 0.15) is 5.52 Å². The highest BCUT2D eigenvalue weighted by Gasteiger charge is 2.17. The molecule has 0 saturated carbocycles. The van der Waals surface area contributed by atoms with Crippen molar-refractivity contribution in [2.45, 2.75) is 19.3 Å². The van der Waals surface area contributed by atoms with Crippen LogP contribution in [-0.2, 0) is 6.42 Å². The van der Waals surface area contributed by atoms with Crippen molar-refractivity contribution in [2.24, 2.45) is 5.92 Å². The number of benzene rings is 1. The van der Waals surface area contributed by atoms with E-state index < -0.39 is 0 Å². The maximum absolute atomic E-state index is 5.50. The number of piperidine rings is 1. The van der Waals surface area contributed by atoms with Crippen LogP contribution in [0.4, 0.5) is 0 Å². The molecule has 1 saturated heterocycles. The van der Waals surface area contributed by atoms with E-state index in [1.165, 1.54) is 18.4 Å². The third-order valence-corrected chi connectivity index (χ3v) is 3.57. The first kappa shape index (κ1) is 11.5. The van der Waals surface area contributed by atoms with Crippen molar-refractivity contribution in [1.82, 2.24) is 10.3 Å². The molecule has 3 rings (SSSR count). The molecule has 0 aliphatic carbocycles. The van der Waals surface area contributed by atoms with Crippen LogP contribution in [0.3, 0.4) is 0 Å². The summed E-state index contributed by atoms with van der Waals surface area (Å²) < 4.78 is 10.6. The summed E-state index contributed by atoms with van der Waals surface area (Å²) in [6, 6.07) is 6.10. The highest BCUT2D eigenvalue weighted by atomic mass is 16.6. The molecule has 96 valence electrons. The zero-order valence-electron chi connectivity index (χ0n) is 10.6. The second-order valence-corrected chi connectivity index (χ2v) is 4.86. The van der Waals surface area contributed by atoms with Gasteiger partial charge in [-0.15, -0.1) is 0 Å². The quantitative estimate of drug-likeness (QED) is 0.903. The van der Waals surface area contributed by atoms with Crippen LogP contribution in [0.1, 0.15) is 18.4 Å². The number of hydrogen-bond donors (Lipinski definition) is 1. The Morgan fingerprint density at radius 3 is 3.22 bits per heavy atom. The van der Waals surface area contributed by atoms with Crippen molar-refractivity contribution in [3.63, 3.8) is 0 Å². The van der Waals surface area contributed by atoms with E-state index in [0.717, 1.165) is 30.6 Å². The molecule has 18 heavy (non-hydrogen) atoms. The van der Waals surface area contributed by atoms with Crippen LogP contribution in [0.25, 0.3) is 11.1 Å². The lowest BCUT2D eigenvalue weighted by Gasteiger charge is -2.22. The summed E-state index contributed by atoms with van der Waals surface area (Å²) in [5.41, 5.74) is 3.02. The van der Waals surface area contributed by atoms with E-state index in [4.69, 9.17) is 9.15 Å². The monoisotopic (exact) mass is 246 g/mol. The topological polar surface area (TPSA) is 47.3 Å². The van der Waals surface area contributed by atoms with Crippen molar-refractivity contribution in [1.29, 1.82) is 0 Å². The molecule has 0 amide bonds. The summed E-state index contributed by atoms with van der Waals surface area (Å²) in [5.74, 6) is 0.701. The minimum atomic E-state index is 0.346. The van der Waals surface area contributed by atoms with Gasteiger partial charge in [-0.3, -0.25) is 0 Å².